The van der Waals surface area contributed by atoms with Gasteiger partial charge < -0.3 is 10.5 Å². The van der Waals surface area contributed by atoms with E-state index >= 15 is 0 Å². The standard InChI is InChI=1S/C13H18FNO.ClH/c1-9(15)10-6-7-12(14)13(8-10)16-11-4-2-3-5-11;/h6-9,11H,2-5,15H2,1H3;1H/t9-;/m1./s1. The molecule has 1 aromatic carbocycles. The van der Waals surface area contributed by atoms with Crippen molar-refractivity contribution in [1.82, 2.24) is 0 Å². The van der Waals surface area contributed by atoms with Crippen LogP contribution in [0.3, 0.4) is 0 Å². The first-order valence-corrected chi connectivity index (χ1v) is 5.88. The van der Waals surface area contributed by atoms with E-state index in [0.717, 1.165) is 18.4 Å². The molecular formula is C13H19ClFNO. The minimum atomic E-state index is -0.295. The van der Waals surface area contributed by atoms with E-state index in [4.69, 9.17) is 10.5 Å². The third-order valence-corrected chi connectivity index (χ3v) is 3.08. The van der Waals surface area contributed by atoms with E-state index in [1.807, 2.05) is 6.92 Å². The van der Waals surface area contributed by atoms with Crippen molar-refractivity contribution in [2.45, 2.75) is 44.8 Å². The molecule has 0 amide bonds. The first-order valence-electron chi connectivity index (χ1n) is 5.88. The molecule has 1 aromatic rings. The fraction of sp³-hybridized carbons (Fsp3) is 0.538. The molecule has 1 aliphatic carbocycles. The van der Waals surface area contributed by atoms with E-state index in [2.05, 4.69) is 0 Å². The van der Waals surface area contributed by atoms with Gasteiger partial charge in [0, 0.05) is 6.04 Å². The summed E-state index contributed by atoms with van der Waals surface area (Å²) in [5.41, 5.74) is 6.67. The van der Waals surface area contributed by atoms with Crippen LogP contribution in [0.4, 0.5) is 4.39 Å². The predicted molar refractivity (Wildman–Crippen MR) is 69.1 cm³/mol. The second-order valence-corrected chi connectivity index (χ2v) is 4.50. The number of hydrogen-bond acceptors (Lipinski definition) is 2. The Morgan fingerprint density at radius 2 is 2.00 bits per heavy atom. The van der Waals surface area contributed by atoms with Gasteiger partial charge in [-0.15, -0.1) is 12.4 Å². The highest BCUT2D eigenvalue weighted by Gasteiger charge is 2.18. The molecule has 2 N–H and O–H groups in total. The molecule has 0 radical (unpaired) electrons. The number of benzene rings is 1. The highest BCUT2D eigenvalue weighted by Crippen LogP contribution is 2.27. The number of nitrogens with two attached hydrogens (primary N) is 1. The highest BCUT2D eigenvalue weighted by atomic mass is 35.5. The first-order chi connectivity index (χ1) is 7.66. The lowest BCUT2D eigenvalue weighted by atomic mass is 10.1. The van der Waals surface area contributed by atoms with Crippen LogP contribution < -0.4 is 10.5 Å². The summed E-state index contributed by atoms with van der Waals surface area (Å²) in [7, 11) is 0. The molecule has 0 saturated heterocycles. The summed E-state index contributed by atoms with van der Waals surface area (Å²) in [6.07, 6.45) is 4.60. The molecule has 1 saturated carbocycles. The maximum absolute atomic E-state index is 13.5. The van der Waals surface area contributed by atoms with Gasteiger partial charge in [0.2, 0.25) is 0 Å². The molecular weight excluding hydrogens is 241 g/mol. The molecule has 1 aliphatic rings. The van der Waals surface area contributed by atoms with Gasteiger partial charge in [-0.3, -0.25) is 0 Å². The molecule has 0 heterocycles. The average Bonchev–Trinajstić information content (AvgIpc) is 2.73. The van der Waals surface area contributed by atoms with Gasteiger partial charge in [0.1, 0.15) is 0 Å². The van der Waals surface area contributed by atoms with E-state index in [9.17, 15) is 4.39 Å². The molecule has 0 aromatic heterocycles. The molecule has 4 heteroatoms. The van der Waals surface area contributed by atoms with Gasteiger partial charge in [0.25, 0.3) is 0 Å². The van der Waals surface area contributed by atoms with Crippen LogP contribution in [0, 0.1) is 5.82 Å². The lowest BCUT2D eigenvalue weighted by molar-refractivity contribution is 0.200. The molecule has 0 bridgehead atoms. The lowest BCUT2D eigenvalue weighted by Crippen LogP contribution is -2.13. The van der Waals surface area contributed by atoms with Gasteiger partial charge in [-0.2, -0.15) is 0 Å². The second kappa shape index (κ2) is 6.22. The van der Waals surface area contributed by atoms with Gasteiger partial charge in [-0.05, 0) is 50.3 Å². The monoisotopic (exact) mass is 259 g/mol. The van der Waals surface area contributed by atoms with Crippen molar-refractivity contribution in [3.05, 3.63) is 29.6 Å². The largest absolute Gasteiger partial charge is 0.487 e. The third kappa shape index (κ3) is 3.58. The average molecular weight is 260 g/mol. The van der Waals surface area contributed by atoms with Crippen LogP contribution in [0.2, 0.25) is 0 Å². The van der Waals surface area contributed by atoms with Crippen LogP contribution in [-0.2, 0) is 0 Å². The van der Waals surface area contributed by atoms with Gasteiger partial charge in [0.05, 0.1) is 6.10 Å². The van der Waals surface area contributed by atoms with Crippen LogP contribution in [-0.4, -0.2) is 6.10 Å². The molecule has 0 unspecified atom stereocenters. The van der Waals surface area contributed by atoms with Crippen molar-refractivity contribution in [3.63, 3.8) is 0 Å². The zero-order chi connectivity index (χ0) is 11.5. The SMILES string of the molecule is C[C@@H](N)c1ccc(F)c(OC2CCCC2)c1.Cl. The van der Waals surface area contributed by atoms with Crippen LogP contribution in [0.15, 0.2) is 18.2 Å². The maximum Gasteiger partial charge on any atom is 0.165 e. The number of rotatable bonds is 3. The minimum absolute atomic E-state index is 0. The minimum Gasteiger partial charge on any atom is -0.487 e. The topological polar surface area (TPSA) is 35.2 Å². The number of halogens is 2. The summed E-state index contributed by atoms with van der Waals surface area (Å²) in [4.78, 5) is 0. The fourth-order valence-electron chi connectivity index (χ4n) is 2.08. The van der Waals surface area contributed by atoms with Crippen LogP contribution >= 0.6 is 12.4 Å². The van der Waals surface area contributed by atoms with E-state index in [-0.39, 0.29) is 30.4 Å². The quantitative estimate of drug-likeness (QED) is 0.900. The lowest BCUT2D eigenvalue weighted by Gasteiger charge is -2.15. The van der Waals surface area contributed by atoms with Crippen molar-refractivity contribution in [3.8, 4) is 5.75 Å². The Bertz CT molecular complexity index is 364. The van der Waals surface area contributed by atoms with Crippen molar-refractivity contribution in [2.75, 3.05) is 0 Å². The first kappa shape index (κ1) is 14.3. The van der Waals surface area contributed by atoms with Crippen LogP contribution in [0.25, 0.3) is 0 Å². The van der Waals surface area contributed by atoms with E-state index in [0.29, 0.717) is 5.75 Å². The van der Waals surface area contributed by atoms with Crippen molar-refractivity contribution >= 4 is 12.4 Å². The fourth-order valence-corrected chi connectivity index (χ4v) is 2.08. The van der Waals surface area contributed by atoms with Crippen molar-refractivity contribution < 1.29 is 9.13 Å². The Balaban J connectivity index is 0.00000144. The van der Waals surface area contributed by atoms with Crippen LogP contribution in [0.1, 0.15) is 44.2 Å². The normalized spacial score (nSPS) is 17.6. The van der Waals surface area contributed by atoms with Crippen LogP contribution in [0.5, 0.6) is 5.75 Å². The molecule has 17 heavy (non-hydrogen) atoms. The Labute approximate surface area is 108 Å². The van der Waals surface area contributed by atoms with Gasteiger partial charge in [0.15, 0.2) is 11.6 Å². The smallest absolute Gasteiger partial charge is 0.165 e. The number of ether oxygens (including phenoxy) is 1. The summed E-state index contributed by atoms with van der Waals surface area (Å²) < 4.78 is 19.2. The van der Waals surface area contributed by atoms with Gasteiger partial charge >= 0.3 is 0 Å². The van der Waals surface area contributed by atoms with Crippen molar-refractivity contribution in [2.24, 2.45) is 5.73 Å². The molecule has 0 aliphatic heterocycles. The Hall–Kier alpha value is -0.800. The molecule has 2 nitrogen and oxygen atoms in total. The highest BCUT2D eigenvalue weighted by molar-refractivity contribution is 5.85. The second-order valence-electron chi connectivity index (χ2n) is 4.50. The summed E-state index contributed by atoms with van der Waals surface area (Å²) in [6.45, 7) is 1.88. The zero-order valence-electron chi connectivity index (χ0n) is 9.99. The zero-order valence-corrected chi connectivity index (χ0v) is 10.8. The van der Waals surface area contributed by atoms with Crippen molar-refractivity contribution in [1.29, 1.82) is 0 Å². The Morgan fingerprint density at radius 3 is 2.59 bits per heavy atom. The van der Waals surface area contributed by atoms with E-state index in [1.54, 1.807) is 12.1 Å². The van der Waals surface area contributed by atoms with Gasteiger partial charge in [-0.1, -0.05) is 6.07 Å². The summed E-state index contributed by atoms with van der Waals surface area (Å²) in [6, 6.07) is 4.77. The molecule has 1 atom stereocenters. The summed E-state index contributed by atoms with van der Waals surface area (Å²) in [5.74, 6) is 0.0537. The van der Waals surface area contributed by atoms with E-state index < -0.39 is 0 Å². The molecule has 1 fully saturated rings. The summed E-state index contributed by atoms with van der Waals surface area (Å²) in [5, 5.41) is 0. The maximum atomic E-state index is 13.5. The van der Waals surface area contributed by atoms with E-state index in [1.165, 1.54) is 18.9 Å². The third-order valence-electron chi connectivity index (χ3n) is 3.08. The predicted octanol–water partition coefficient (Wildman–Crippen LogP) is 3.59. The number of hydrogen-bond donors (Lipinski definition) is 1. The van der Waals surface area contributed by atoms with Gasteiger partial charge in [-0.25, -0.2) is 4.39 Å². The Morgan fingerprint density at radius 1 is 1.35 bits per heavy atom. The molecule has 96 valence electrons. The molecule has 0 spiro atoms. The summed E-state index contributed by atoms with van der Waals surface area (Å²) >= 11 is 0. The Kier molecular flexibility index (Phi) is 5.22. The molecule has 2 rings (SSSR count).